The van der Waals surface area contributed by atoms with Gasteiger partial charge in [0, 0.05) is 54.3 Å². The van der Waals surface area contributed by atoms with Crippen LogP contribution in [0.15, 0.2) is 47.5 Å². The zero-order valence-electron chi connectivity index (χ0n) is 18.3. The Kier molecular flexibility index (Phi) is 6.41. The number of anilines is 1. The number of piperazine rings is 1. The van der Waals surface area contributed by atoms with Crippen molar-refractivity contribution in [2.45, 2.75) is 12.7 Å². The molecule has 1 N–H and O–H groups in total. The fourth-order valence-corrected chi connectivity index (χ4v) is 4.29. The molecule has 0 radical (unpaired) electrons. The van der Waals surface area contributed by atoms with Gasteiger partial charge in [0.15, 0.2) is 0 Å². The molecule has 0 spiro atoms. The van der Waals surface area contributed by atoms with Crippen molar-refractivity contribution < 1.29 is 26.6 Å². The van der Waals surface area contributed by atoms with Crippen molar-refractivity contribution in [3.63, 3.8) is 0 Å². The number of carbonyl (C=O) groups is 1. The number of rotatable bonds is 5. The molecule has 9 nitrogen and oxygen atoms in total. The molecule has 0 saturated carbocycles. The van der Waals surface area contributed by atoms with Crippen molar-refractivity contribution in [2.75, 3.05) is 37.2 Å². The minimum absolute atomic E-state index is 0.0902. The molecule has 0 bridgehead atoms. The fourth-order valence-electron chi connectivity index (χ4n) is 3.69. The van der Waals surface area contributed by atoms with Crippen LogP contribution in [0.3, 0.4) is 0 Å². The Hall–Kier alpha value is -3.32. The number of nitrogens with zero attached hydrogens (tertiary/aromatic N) is 5. The Morgan fingerprint density at radius 3 is 2.62 bits per heavy atom. The van der Waals surface area contributed by atoms with Crippen LogP contribution >= 0.6 is 0 Å². The molecule has 1 aromatic carbocycles. The first kappa shape index (κ1) is 23.8. The van der Waals surface area contributed by atoms with Gasteiger partial charge in [0.05, 0.1) is 29.8 Å². The third-order valence-electron chi connectivity index (χ3n) is 5.24. The summed E-state index contributed by atoms with van der Waals surface area (Å²) in [5.41, 5.74) is 0.0580. The number of hydrogen-bond donors (Lipinski definition) is 1. The Balaban J connectivity index is 1.41. The number of amides is 1. The highest BCUT2D eigenvalue weighted by Gasteiger charge is 2.35. The molecule has 1 aliphatic heterocycles. The number of halogens is 3. The smallest absolute Gasteiger partial charge is 0.416 e. The molecule has 4 rings (SSSR count). The van der Waals surface area contributed by atoms with E-state index in [0.717, 1.165) is 10.7 Å². The predicted octanol–water partition coefficient (Wildman–Crippen LogP) is 3.02. The third kappa shape index (κ3) is 5.59. The maximum absolute atomic E-state index is 13.7. The van der Waals surface area contributed by atoms with Gasteiger partial charge in [0.2, 0.25) is 5.89 Å². The first-order valence-corrected chi connectivity index (χ1v) is 12.4. The number of alkyl halides is 3. The summed E-state index contributed by atoms with van der Waals surface area (Å²) in [5.74, 6) is 3.61. The monoisotopic (exact) mass is 496 g/mol. The van der Waals surface area contributed by atoms with Crippen molar-refractivity contribution >= 4 is 27.3 Å². The molecule has 2 aromatic heterocycles. The second kappa shape index (κ2) is 9.14. The quantitative estimate of drug-likeness (QED) is 0.546. The van der Waals surface area contributed by atoms with Crippen molar-refractivity contribution in [3.05, 3.63) is 54.2 Å². The number of benzene rings is 1. The lowest BCUT2D eigenvalue weighted by Crippen LogP contribution is -2.49. The number of hydrogen-bond acceptors (Lipinski definition) is 6. The molecule has 34 heavy (non-hydrogen) atoms. The van der Waals surface area contributed by atoms with Crippen LogP contribution in [-0.2, 0) is 22.4 Å². The van der Waals surface area contributed by atoms with E-state index in [2.05, 4.69) is 20.7 Å². The molecule has 182 valence electrons. The lowest BCUT2D eigenvalue weighted by atomic mass is 10.0. The summed E-state index contributed by atoms with van der Waals surface area (Å²) < 4.78 is 61.9. The van der Waals surface area contributed by atoms with E-state index >= 15 is 0 Å². The number of oxazole rings is 1. The number of carbonyl (C=O) groups excluding carboxylic acids is 1. The zero-order valence-corrected chi connectivity index (χ0v) is 19.1. The van der Waals surface area contributed by atoms with Crippen molar-refractivity contribution in [1.29, 1.82) is 0 Å². The number of nitrogens with one attached hydrogen (secondary N) is 1. The molecule has 1 aliphatic rings. The molecule has 1 atom stereocenters. The van der Waals surface area contributed by atoms with Gasteiger partial charge < -0.3 is 14.0 Å². The van der Waals surface area contributed by atoms with Gasteiger partial charge in [-0.15, -0.1) is 0 Å². The van der Waals surface area contributed by atoms with Gasteiger partial charge in [0.1, 0.15) is 6.26 Å². The second-order valence-corrected chi connectivity index (χ2v) is 10.2. The zero-order chi connectivity index (χ0) is 24.5. The Morgan fingerprint density at radius 2 is 2.00 bits per heavy atom. The van der Waals surface area contributed by atoms with Gasteiger partial charge in [-0.05, 0) is 23.6 Å². The van der Waals surface area contributed by atoms with E-state index in [4.69, 9.17) is 4.42 Å². The summed E-state index contributed by atoms with van der Waals surface area (Å²) in [7, 11) is -2.50. The molecular formula is C21H23F3N6O3S. The Labute approximate surface area is 194 Å². The van der Waals surface area contributed by atoms with Crippen LogP contribution in [0.1, 0.15) is 11.1 Å². The van der Waals surface area contributed by atoms with Crippen LogP contribution in [-0.4, -0.2) is 73.1 Å². The summed E-state index contributed by atoms with van der Waals surface area (Å²) in [6, 6.07) is 3.67. The molecule has 1 unspecified atom stereocenters. The van der Waals surface area contributed by atoms with E-state index in [9.17, 15) is 22.2 Å². The van der Waals surface area contributed by atoms with Crippen LogP contribution in [0.5, 0.6) is 0 Å². The maximum atomic E-state index is 13.7. The molecule has 1 saturated heterocycles. The Bertz CT molecular complexity index is 1260. The van der Waals surface area contributed by atoms with E-state index in [1.165, 1.54) is 37.2 Å². The van der Waals surface area contributed by atoms with Crippen LogP contribution in [0, 0.1) is 0 Å². The summed E-state index contributed by atoms with van der Waals surface area (Å²) in [5, 5.41) is 3.99. The Morgan fingerprint density at radius 1 is 1.26 bits per heavy atom. The lowest BCUT2D eigenvalue weighted by Gasteiger charge is -2.34. The maximum Gasteiger partial charge on any atom is 0.416 e. The summed E-state index contributed by atoms with van der Waals surface area (Å²) >= 11 is 0. The molecule has 1 amide bonds. The van der Waals surface area contributed by atoms with E-state index in [-0.39, 0.29) is 29.6 Å². The molecule has 13 heteroatoms. The minimum atomic E-state index is -4.53. The predicted molar refractivity (Wildman–Crippen MR) is 122 cm³/mol. The largest absolute Gasteiger partial charge is 0.445 e. The molecule has 3 heterocycles. The first-order valence-electron chi connectivity index (χ1n) is 10.3. The first-order chi connectivity index (χ1) is 16.0. The van der Waals surface area contributed by atoms with Gasteiger partial charge in [-0.2, -0.15) is 23.0 Å². The average Bonchev–Trinajstić information content (AvgIpc) is 3.45. The average molecular weight is 497 g/mol. The van der Waals surface area contributed by atoms with Crippen LogP contribution in [0.25, 0.3) is 11.5 Å². The normalized spacial score (nSPS) is 16.9. The van der Waals surface area contributed by atoms with E-state index in [1.54, 1.807) is 11.0 Å². The molecule has 1 fully saturated rings. The number of aromatic nitrogens is 3. The highest BCUT2D eigenvalue weighted by Crippen LogP contribution is 2.35. The molecular weight excluding hydrogens is 473 g/mol. The minimum Gasteiger partial charge on any atom is -0.445 e. The topological polar surface area (TPSA) is 96.5 Å². The van der Waals surface area contributed by atoms with Crippen molar-refractivity contribution in [2.24, 2.45) is 0 Å². The van der Waals surface area contributed by atoms with Gasteiger partial charge >= 0.3 is 12.2 Å². The summed E-state index contributed by atoms with van der Waals surface area (Å²) in [6.45, 7) is 1.55. The lowest BCUT2D eigenvalue weighted by molar-refractivity contribution is -0.138. The van der Waals surface area contributed by atoms with Crippen LogP contribution in [0.2, 0.25) is 0 Å². The summed E-state index contributed by atoms with van der Waals surface area (Å²) in [6.07, 6.45) is 2.38. The van der Waals surface area contributed by atoms with E-state index < -0.39 is 21.4 Å². The second-order valence-electron chi connectivity index (χ2n) is 8.03. The van der Waals surface area contributed by atoms with Crippen molar-refractivity contribution in [1.82, 2.24) is 24.6 Å². The van der Waals surface area contributed by atoms with E-state index in [1.807, 2.05) is 4.90 Å². The highest BCUT2D eigenvalue weighted by atomic mass is 32.2. The molecule has 3 aromatic rings. The SMILES string of the molecule is C=S(C)(=O)Nc1cnn(C(=O)N2CCN(Cc3ccc(-c4ncco4)cc3C(F)(F)F)CC2)c1. The van der Waals surface area contributed by atoms with Gasteiger partial charge in [-0.3, -0.25) is 4.90 Å². The molecule has 0 aliphatic carbocycles. The van der Waals surface area contributed by atoms with Gasteiger partial charge in [0.25, 0.3) is 0 Å². The van der Waals surface area contributed by atoms with Gasteiger partial charge in [-0.1, -0.05) is 6.07 Å². The summed E-state index contributed by atoms with van der Waals surface area (Å²) in [4.78, 5) is 20.1. The highest BCUT2D eigenvalue weighted by molar-refractivity contribution is 8.00. The van der Waals surface area contributed by atoms with Gasteiger partial charge in [-0.25, -0.2) is 14.0 Å². The van der Waals surface area contributed by atoms with Crippen molar-refractivity contribution in [3.8, 4) is 11.5 Å². The van der Waals surface area contributed by atoms with E-state index in [0.29, 0.717) is 31.9 Å². The van der Waals surface area contributed by atoms with Crippen LogP contribution in [0.4, 0.5) is 23.7 Å². The van der Waals surface area contributed by atoms with Crippen LogP contribution < -0.4 is 4.72 Å². The fraction of sp³-hybridized carbons (Fsp3) is 0.333. The third-order valence-corrected chi connectivity index (χ3v) is 5.91. The standard InChI is InChI=1S/C21H23F3N6O3S/c1-34(2,32)27-17-12-26-30(14-17)20(31)29-8-6-28(7-9-29)13-16-4-3-15(19-25-5-10-33-19)11-18(16)21(22,23)24/h3-5,10-12,14H,1,6-9,13H2,2H3,(H,27,32).